The fourth-order valence-electron chi connectivity index (χ4n) is 3.40. The SMILES string of the molecule is O=C1c2cc(Cl)ccc2-n2cnc(-c3noc(CCl)n3)c2[C@@H]2CCN12. The summed E-state index contributed by atoms with van der Waals surface area (Å²) in [6, 6.07) is 5.22. The standard InChI is InChI=1S/C16H11Cl2N5O2/c17-6-12-20-15(21-25-12)13-14-11-3-4-22(11)16(24)9-5-8(18)1-2-10(9)23(14)7-19-13/h1-2,5,7,11H,3-4,6H2/t11-/m0/s1. The summed E-state index contributed by atoms with van der Waals surface area (Å²) < 4.78 is 7.02. The zero-order chi connectivity index (χ0) is 17.1. The first kappa shape index (κ1) is 14.9. The summed E-state index contributed by atoms with van der Waals surface area (Å²) in [5, 5.41) is 4.50. The number of nitrogens with zero attached hydrogens (tertiary/aromatic N) is 5. The molecule has 0 saturated carbocycles. The van der Waals surface area contributed by atoms with Crippen molar-refractivity contribution in [3.8, 4) is 17.2 Å². The molecule has 7 nitrogen and oxygen atoms in total. The number of fused-ring (bicyclic) bond motifs is 5. The average Bonchev–Trinajstić information content (AvgIpc) is 3.19. The van der Waals surface area contributed by atoms with Crippen LogP contribution in [0.2, 0.25) is 5.02 Å². The van der Waals surface area contributed by atoms with Crippen LogP contribution < -0.4 is 0 Å². The van der Waals surface area contributed by atoms with Gasteiger partial charge in [-0.05, 0) is 24.6 Å². The van der Waals surface area contributed by atoms with Gasteiger partial charge in [0, 0.05) is 11.6 Å². The van der Waals surface area contributed by atoms with Crippen molar-refractivity contribution in [2.45, 2.75) is 18.3 Å². The smallest absolute Gasteiger partial charge is 0.256 e. The van der Waals surface area contributed by atoms with Crippen LogP contribution in [0.4, 0.5) is 0 Å². The normalized spacial score (nSPS) is 18.2. The minimum atomic E-state index is -0.0749. The van der Waals surface area contributed by atoms with Gasteiger partial charge in [0.25, 0.3) is 5.91 Å². The summed E-state index contributed by atoms with van der Waals surface area (Å²) >= 11 is 11.9. The van der Waals surface area contributed by atoms with Gasteiger partial charge in [-0.2, -0.15) is 4.98 Å². The van der Waals surface area contributed by atoms with E-state index in [9.17, 15) is 4.79 Å². The molecule has 0 bridgehead atoms. The third-order valence-corrected chi connectivity index (χ3v) is 5.11. The summed E-state index contributed by atoms with van der Waals surface area (Å²) in [5.74, 6) is 0.818. The summed E-state index contributed by atoms with van der Waals surface area (Å²) in [7, 11) is 0. The van der Waals surface area contributed by atoms with Crippen LogP contribution >= 0.6 is 23.2 Å². The Labute approximate surface area is 152 Å². The summed E-state index contributed by atoms with van der Waals surface area (Å²) in [4.78, 5) is 23.5. The fourth-order valence-corrected chi connectivity index (χ4v) is 3.69. The van der Waals surface area contributed by atoms with Gasteiger partial charge >= 0.3 is 0 Å². The lowest BCUT2D eigenvalue weighted by Crippen LogP contribution is -2.44. The molecule has 9 heteroatoms. The molecule has 2 aliphatic rings. The maximum Gasteiger partial charge on any atom is 0.256 e. The van der Waals surface area contributed by atoms with Crippen LogP contribution in [-0.2, 0) is 5.88 Å². The van der Waals surface area contributed by atoms with Gasteiger partial charge < -0.3 is 9.42 Å². The Balaban J connectivity index is 1.75. The first-order valence-electron chi connectivity index (χ1n) is 7.74. The highest BCUT2D eigenvalue weighted by atomic mass is 35.5. The third-order valence-electron chi connectivity index (χ3n) is 4.64. The molecule has 0 radical (unpaired) electrons. The molecule has 2 aromatic heterocycles. The predicted octanol–water partition coefficient (Wildman–Crippen LogP) is 3.22. The number of alkyl halides is 1. The number of benzene rings is 1. The van der Waals surface area contributed by atoms with E-state index in [1.807, 2.05) is 15.5 Å². The van der Waals surface area contributed by atoms with E-state index in [1.165, 1.54) is 0 Å². The van der Waals surface area contributed by atoms with Crippen molar-refractivity contribution in [1.29, 1.82) is 0 Å². The number of hydrogen-bond acceptors (Lipinski definition) is 5. The predicted molar refractivity (Wildman–Crippen MR) is 89.8 cm³/mol. The van der Waals surface area contributed by atoms with Gasteiger partial charge in [-0.1, -0.05) is 16.8 Å². The van der Waals surface area contributed by atoms with E-state index < -0.39 is 0 Å². The van der Waals surface area contributed by atoms with Gasteiger partial charge in [0.2, 0.25) is 11.7 Å². The van der Waals surface area contributed by atoms with E-state index in [2.05, 4.69) is 15.1 Å². The molecule has 0 N–H and O–H groups in total. The quantitative estimate of drug-likeness (QED) is 0.642. The molecule has 3 aromatic rings. The lowest BCUT2D eigenvalue weighted by Gasteiger charge is -2.39. The van der Waals surface area contributed by atoms with Crippen LogP contribution in [0.3, 0.4) is 0 Å². The van der Waals surface area contributed by atoms with E-state index in [1.54, 1.807) is 18.5 Å². The molecule has 25 heavy (non-hydrogen) atoms. The monoisotopic (exact) mass is 375 g/mol. The molecule has 0 unspecified atom stereocenters. The highest BCUT2D eigenvalue weighted by Crippen LogP contribution is 2.43. The second-order valence-electron chi connectivity index (χ2n) is 5.96. The van der Waals surface area contributed by atoms with Gasteiger partial charge in [-0.25, -0.2) is 4.98 Å². The van der Waals surface area contributed by atoms with Crippen LogP contribution in [0.25, 0.3) is 17.2 Å². The van der Waals surface area contributed by atoms with Crippen LogP contribution in [0.5, 0.6) is 0 Å². The summed E-state index contributed by atoms with van der Waals surface area (Å²) in [6.45, 7) is 0.694. The van der Waals surface area contributed by atoms with Crippen LogP contribution in [0, 0.1) is 0 Å². The topological polar surface area (TPSA) is 77.0 Å². The molecule has 0 spiro atoms. The van der Waals surface area contributed by atoms with E-state index in [-0.39, 0.29) is 17.8 Å². The number of hydrogen-bond donors (Lipinski definition) is 0. The van der Waals surface area contributed by atoms with E-state index in [0.717, 1.165) is 17.8 Å². The Bertz CT molecular complexity index is 1010. The van der Waals surface area contributed by atoms with Gasteiger partial charge in [0.15, 0.2) is 0 Å². The zero-order valence-corrected chi connectivity index (χ0v) is 14.3. The number of imidazole rings is 1. The van der Waals surface area contributed by atoms with Crippen molar-refractivity contribution < 1.29 is 9.32 Å². The van der Waals surface area contributed by atoms with Gasteiger partial charge in [-0.15, -0.1) is 11.6 Å². The molecule has 2 aliphatic heterocycles. The van der Waals surface area contributed by atoms with E-state index in [0.29, 0.717) is 34.5 Å². The lowest BCUT2D eigenvalue weighted by atomic mass is 9.97. The van der Waals surface area contributed by atoms with Crippen molar-refractivity contribution in [3.63, 3.8) is 0 Å². The second kappa shape index (κ2) is 5.31. The molecule has 1 amide bonds. The molecule has 126 valence electrons. The molecule has 1 saturated heterocycles. The average molecular weight is 376 g/mol. The van der Waals surface area contributed by atoms with E-state index >= 15 is 0 Å². The Morgan fingerprint density at radius 3 is 2.96 bits per heavy atom. The highest BCUT2D eigenvalue weighted by Gasteiger charge is 2.42. The molecule has 1 atom stereocenters. The first-order chi connectivity index (χ1) is 12.2. The number of halogens is 2. The fraction of sp³-hybridized carbons (Fsp3) is 0.250. The van der Waals surface area contributed by atoms with Crippen molar-refractivity contribution in [2.24, 2.45) is 0 Å². The Morgan fingerprint density at radius 1 is 1.36 bits per heavy atom. The number of rotatable bonds is 2. The van der Waals surface area contributed by atoms with Crippen molar-refractivity contribution in [2.75, 3.05) is 6.54 Å². The Hall–Kier alpha value is -2.38. The maximum atomic E-state index is 12.9. The minimum absolute atomic E-state index is 0.0297. The number of carbonyl (C=O) groups excluding carboxylic acids is 1. The molecule has 1 aromatic carbocycles. The Morgan fingerprint density at radius 2 is 2.24 bits per heavy atom. The van der Waals surface area contributed by atoms with Crippen molar-refractivity contribution in [1.82, 2.24) is 24.6 Å². The molecule has 1 fully saturated rings. The number of carbonyl (C=O) groups is 1. The minimum Gasteiger partial charge on any atom is -0.338 e. The molecule has 5 rings (SSSR count). The van der Waals surface area contributed by atoms with E-state index in [4.69, 9.17) is 27.7 Å². The van der Waals surface area contributed by atoms with Crippen LogP contribution in [-0.4, -0.2) is 37.0 Å². The number of amides is 1. The highest BCUT2D eigenvalue weighted by molar-refractivity contribution is 6.31. The molecular weight excluding hydrogens is 365 g/mol. The largest absolute Gasteiger partial charge is 0.338 e. The first-order valence-corrected chi connectivity index (χ1v) is 8.65. The third kappa shape index (κ3) is 2.06. The van der Waals surface area contributed by atoms with Crippen molar-refractivity contribution >= 4 is 29.1 Å². The molecule has 4 heterocycles. The summed E-state index contributed by atoms with van der Waals surface area (Å²) in [6.07, 6.45) is 2.54. The molecule has 0 aliphatic carbocycles. The maximum absolute atomic E-state index is 12.9. The lowest BCUT2D eigenvalue weighted by molar-refractivity contribution is 0.0461. The van der Waals surface area contributed by atoms with Gasteiger partial charge in [-0.3, -0.25) is 9.36 Å². The Kier molecular flexibility index (Phi) is 3.17. The number of aromatic nitrogens is 4. The summed E-state index contributed by atoms with van der Waals surface area (Å²) in [5.41, 5.74) is 2.79. The zero-order valence-electron chi connectivity index (χ0n) is 12.8. The molecular formula is C16H11Cl2N5O2. The van der Waals surface area contributed by atoms with Crippen LogP contribution in [0.1, 0.15) is 34.4 Å². The van der Waals surface area contributed by atoms with Crippen LogP contribution in [0.15, 0.2) is 29.0 Å². The second-order valence-corrected chi connectivity index (χ2v) is 6.66. The van der Waals surface area contributed by atoms with Gasteiger partial charge in [0.05, 0.1) is 23.0 Å². The van der Waals surface area contributed by atoms with Crippen molar-refractivity contribution in [3.05, 3.63) is 46.7 Å². The van der Waals surface area contributed by atoms with Gasteiger partial charge in [0.1, 0.15) is 17.9 Å².